The molecule has 7 aromatic rings. The number of thiophene rings is 1. The lowest BCUT2D eigenvalue weighted by atomic mass is 9.33. The highest BCUT2D eigenvalue weighted by atomic mass is 32.1. The lowest BCUT2D eigenvalue weighted by molar-refractivity contribution is 0.350. The molecule has 6 aromatic carbocycles. The van der Waals surface area contributed by atoms with Crippen molar-refractivity contribution in [3.8, 4) is 11.1 Å². The van der Waals surface area contributed by atoms with Gasteiger partial charge in [-0.25, -0.2) is 0 Å². The van der Waals surface area contributed by atoms with Crippen LogP contribution in [0, 0.1) is 0 Å². The highest BCUT2D eigenvalue weighted by molar-refractivity contribution is 7.26. The van der Waals surface area contributed by atoms with Gasteiger partial charge in [0.1, 0.15) is 0 Å². The molecule has 0 saturated heterocycles. The maximum atomic E-state index is 2.73. The summed E-state index contributed by atoms with van der Waals surface area (Å²) in [6.45, 7) is 35.9. The smallest absolute Gasteiger partial charge is 0.254 e. The summed E-state index contributed by atoms with van der Waals surface area (Å²) in [5.41, 5.74) is 23.0. The van der Waals surface area contributed by atoms with Crippen LogP contribution in [0.3, 0.4) is 0 Å². The standard InChI is InChI=1S/C61H67BN2S/c1-56(2,3)37-19-23-42(24-20-37)63-50-32-41(59(10,11)12)33-51-54(50)62(53-44-31-39(58(7,8)9)22-26-52(44)65-55(53)63)47-34-45-46-35-49(47)64(51)48-25-21-38(57(4,5)6)30-43(48)36-17-16-18-40(29-36)61(46,15)28-27-60(45,13)14/h16-26,29-35H,27-28H2,1-15H3. The Morgan fingerprint density at radius 1 is 0.508 bits per heavy atom. The molecule has 0 spiro atoms. The largest absolute Gasteiger partial charge is 0.311 e. The maximum Gasteiger partial charge on any atom is 0.254 e. The molecule has 4 heteroatoms. The second kappa shape index (κ2) is 13.5. The SMILES string of the molecule is CC(C)(C)c1ccc(N2c3cc(C(C)(C)C)cc4c3B(c3cc5c6cc3N4c3ccc(C(C)(C)C)cc3-c3cccc(c3)C6(C)CCC5(C)C)c3c2sc2ccc(C(C)(C)C)cc32)cc1. The van der Waals surface area contributed by atoms with Gasteiger partial charge < -0.3 is 9.80 Å². The summed E-state index contributed by atoms with van der Waals surface area (Å²) in [7, 11) is 0. The minimum Gasteiger partial charge on any atom is -0.311 e. The molecule has 4 heterocycles. The van der Waals surface area contributed by atoms with Crippen molar-refractivity contribution in [3.63, 3.8) is 0 Å². The molecule has 2 nitrogen and oxygen atoms in total. The Kier molecular flexibility index (Phi) is 8.86. The van der Waals surface area contributed by atoms with Gasteiger partial charge in [-0.3, -0.25) is 0 Å². The van der Waals surface area contributed by atoms with Crippen LogP contribution in [0.2, 0.25) is 0 Å². The third-order valence-electron chi connectivity index (χ3n) is 16.0. The van der Waals surface area contributed by atoms with Crippen LogP contribution in [0.1, 0.15) is 156 Å². The predicted molar refractivity (Wildman–Crippen MR) is 285 cm³/mol. The van der Waals surface area contributed by atoms with Crippen molar-refractivity contribution < 1.29 is 0 Å². The van der Waals surface area contributed by atoms with E-state index in [1.807, 2.05) is 11.3 Å². The first kappa shape index (κ1) is 42.6. The second-order valence-corrected chi connectivity index (χ2v) is 26.1. The molecule has 1 unspecified atom stereocenters. The molecular weight excluding hydrogens is 804 g/mol. The molecule has 4 aliphatic rings. The first-order valence-corrected chi connectivity index (χ1v) is 25.1. The van der Waals surface area contributed by atoms with Crippen LogP contribution in [0.5, 0.6) is 0 Å². The van der Waals surface area contributed by atoms with Crippen molar-refractivity contribution in [1.82, 2.24) is 0 Å². The van der Waals surface area contributed by atoms with Crippen LogP contribution in [0.25, 0.3) is 21.2 Å². The van der Waals surface area contributed by atoms with Crippen molar-refractivity contribution in [3.05, 3.63) is 148 Å². The number of benzene rings is 6. The fourth-order valence-corrected chi connectivity index (χ4v) is 13.0. The number of hydrogen-bond donors (Lipinski definition) is 0. The Balaban J connectivity index is 1.34. The molecular formula is C61H67BN2S. The summed E-state index contributed by atoms with van der Waals surface area (Å²) in [4.78, 5) is 5.38. The minimum absolute atomic E-state index is 0.00741. The van der Waals surface area contributed by atoms with Crippen LogP contribution in [0.15, 0.2) is 109 Å². The summed E-state index contributed by atoms with van der Waals surface area (Å²) < 4.78 is 1.35. The first-order chi connectivity index (χ1) is 30.3. The van der Waals surface area contributed by atoms with Crippen molar-refractivity contribution in [1.29, 1.82) is 0 Å². The number of anilines is 6. The van der Waals surface area contributed by atoms with Gasteiger partial charge in [0.25, 0.3) is 6.71 Å². The van der Waals surface area contributed by atoms with Crippen LogP contribution < -0.4 is 26.2 Å². The predicted octanol–water partition coefficient (Wildman–Crippen LogP) is 15.5. The Morgan fingerprint density at radius 2 is 1.12 bits per heavy atom. The third kappa shape index (κ3) is 6.32. The third-order valence-corrected chi connectivity index (χ3v) is 17.2. The molecule has 65 heavy (non-hydrogen) atoms. The fourth-order valence-electron chi connectivity index (χ4n) is 11.7. The Morgan fingerprint density at radius 3 is 1.78 bits per heavy atom. The second-order valence-electron chi connectivity index (χ2n) is 25.1. The fraction of sp³-hybridized carbons (Fsp3) is 0.377. The molecule has 0 fully saturated rings. The minimum atomic E-state index is -0.135. The normalized spacial score (nSPS) is 18.4. The van der Waals surface area contributed by atoms with Crippen LogP contribution in [-0.4, -0.2) is 6.71 Å². The van der Waals surface area contributed by atoms with E-state index in [2.05, 4.69) is 223 Å². The van der Waals surface area contributed by atoms with Crippen molar-refractivity contribution in [2.24, 2.45) is 0 Å². The van der Waals surface area contributed by atoms with E-state index in [1.54, 1.807) is 0 Å². The lowest BCUT2D eigenvalue weighted by Crippen LogP contribution is -2.61. The van der Waals surface area contributed by atoms with Gasteiger partial charge in [-0.05, 0) is 155 Å². The van der Waals surface area contributed by atoms with Crippen LogP contribution in [-0.2, 0) is 32.5 Å². The molecule has 0 radical (unpaired) electrons. The van der Waals surface area contributed by atoms with E-state index in [-0.39, 0.29) is 39.2 Å². The zero-order valence-corrected chi connectivity index (χ0v) is 42.5. The van der Waals surface area contributed by atoms with E-state index in [0.717, 1.165) is 12.8 Å². The van der Waals surface area contributed by atoms with Gasteiger partial charge in [0.2, 0.25) is 0 Å². The molecule has 0 amide bonds. The van der Waals surface area contributed by atoms with Gasteiger partial charge in [0, 0.05) is 38.4 Å². The summed E-state index contributed by atoms with van der Waals surface area (Å²) in [5.74, 6) is 0. The average Bonchev–Trinajstić information content (AvgIpc) is 3.61. The van der Waals surface area contributed by atoms with E-state index < -0.39 is 0 Å². The first-order valence-electron chi connectivity index (χ1n) is 24.3. The molecule has 11 rings (SSSR count). The zero-order chi connectivity index (χ0) is 46.1. The lowest BCUT2D eigenvalue weighted by Gasteiger charge is -2.49. The highest BCUT2D eigenvalue weighted by Crippen LogP contribution is 2.56. The van der Waals surface area contributed by atoms with E-state index in [4.69, 9.17) is 0 Å². The van der Waals surface area contributed by atoms with Gasteiger partial charge in [-0.2, -0.15) is 0 Å². The summed E-state index contributed by atoms with van der Waals surface area (Å²) in [5, 5.41) is 2.74. The van der Waals surface area contributed by atoms with E-state index in [9.17, 15) is 0 Å². The summed E-state index contributed by atoms with van der Waals surface area (Å²) in [6.07, 6.45) is 2.25. The molecule has 0 saturated carbocycles. The maximum absolute atomic E-state index is 2.73. The molecule has 4 bridgehead atoms. The summed E-state index contributed by atoms with van der Waals surface area (Å²) >= 11 is 1.98. The van der Waals surface area contributed by atoms with E-state index in [0.29, 0.717) is 0 Å². The molecule has 330 valence electrons. The highest BCUT2D eigenvalue weighted by Gasteiger charge is 2.50. The van der Waals surface area contributed by atoms with Crippen molar-refractivity contribution >= 4 is 78.0 Å². The number of fused-ring (bicyclic) bond motifs is 12. The van der Waals surface area contributed by atoms with Gasteiger partial charge in [-0.15, -0.1) is 11.3 Å². The van der Waals surface area contributed by atoms with E-state index >= 15 is 0 Å². The Labute approximate surface area is 394 Å². The molecule has 1 aromatic heterocycles. The quantitative estimate of drug-likeness (QED) is 0.152. The van der Waals surface area contributed by atoms with Crippen molar-refractivity contribution in [2.75, 3.05) is 9.80 Å². The number of rotatable bonds is 1. The molecule has 0 N–H and O–H groups in total. The zero-order valence-electron chi connectivity index (χ0n) is 41.7. The van der Waals surface area contributed by atoms with E-state index in [1.165, 1.54) is 110 Å². The monoisotopic (exact) mass is 871 g/mol. The van der Waals surface area contributed by atoms with Gasteiger partial charge >= 0.3 is 0 Å². The van der Waals surface area contributed by atoms with Gasteiger partial charge in [-0.1, -0.05) is 165 Å². The topological polar surface area (TPSA) is 6.48 Å². The summed E-state index contributed by atoms with van der Waals surface area (Å²) in [6, 6.07) is 44.5. The molecule has 1 aliphatic carbocycles. The molecule has 1 atom stereocenters. The van der Waals surface area contributed by atoms with Crippen LogP contribution >= 0.6 is 11.3 Å². The Hall–Kier alpha value is -5.06. The number of hydrogen-bond acceptors (Lipinski definition) is 3. The van der Waals surface area contributed by atoms with Gasteiger partial charge in [0.05, 0.1) is 10.7 Å². The Bertz CT molecular complexity index is 3140. The molecule has 3 aliphatic heterocycles. The van der Waals surface area contributed by atoms with Crippen LogP contribution in [0.4, 0.5) is 33.4 Å². The number of nitrogens with zero attached hydrogens (tertiary/aromatic N) is 2. The van der Waals surface area contributed by atoms with Crippen molar-refractivity contribution in [2.45, 2.75) is 149 Å². The van der Waals surface area contributed by atoms with Gasteiger partial charge in [0.15, 0.2) is 0 Å². The average molecular weight is 871 g/mol.